The van der Waals surface area contributed by atoms with E-state index in [0.29, 0.717) is 31.3 Å². The summed E-state index contributed by atoms with van der Waals surface area (Å²) in [5.41, 5.74) is 0.442. The Balaban J connectivity index is 1.45. The first-order chi connectivity index (χ1) is 12.6. The number of rotatable bonds is 5. The highest BCUT2D eigenvalue weighted by Gasteiger charge is 2.53. The second-order valence-corrected chi connectivity index (χ2v) is 8.04. The van der Waals surface area contributed by atoms with E-state index in [-0.39, 0.29) is 23.1 Å². The molecule has 3 fully saturated rings. The van der Waals surface area contributed by atoms with Crippen molar-refractivity contribution in [3.05, 3.63) is 30.1 Å². The molecule has 1 spiro atoms. The Bertz CT molecular complexity index is 666. The van der Waals surface area contributed by atoms with E-state index in [4.69, 9.17) is 4.74 Å². The van der Waals surface area contributed by atoms with Gasteiger partial charge >= 0.3 is 0 Å². The molecule has 4 rings (SSSR count). The molecular formula is C20H27N3O3. The van der Waals surface area contributed by atoms with E-state index in [1.54, 1.807) is 19.4 Å². The molecular weight excluding hydrogens is 330 g/mol. The van der Waals surface area contributed by atoms with Crippen LogP contribution in [0.15, 0.2) is 24.4 Å². The number of carbonyl (C=O) groups excluding carboxylic acids is 2. The Hall–Kier alpha value is -1.95. The van der Waals surface area contributed by atoms with Gasteiger partial charge in [-0.05, 0) is 43.7 Å². The van der Waals surface area contributed by atoms with E-state index < -0.39 is 0 Å². The fourth-order valence-electron chi connectivity index (χ4n) is 4.54. The van der Waals surface area contributed by atoms with Crippen molar-refractivity contribution in [2.45, 2.75) is 25.7 Å². The second-order valence-electron chi connectivity index (χ2n) is 8.04. The van der Waals surface area contributed by atoms with Crippen LogP contribution in [0, 0.1) is 17.3 Å². The zero-order valence-electron chi connectivity index (χ0n) is 15.4. The minimum atomic E-state index is -0.0710. The van der Waals surface area contributed by atoms with Gasteiger partial charge in [-0.1, -0.05) is 6.07 Å². The third-order valence-corrected chi connectivity index (χ3v) is 6.29. The summed E-state index contributed by atoms with van der Waals surface area (Å²) >= 11 is 0. The normalized spacial score (nSPS) is 25.1. The molecule has 2 saturated heterocycles. The molecule has 140 valence electrons. The van der Waals surface area contributed by atoms with Gasteiger partial charge in [-0.15, -0.1) is 0 Å². The summed E-state index contributed by atoms with van der Waals surface area (Å²) in [6.45, 7) is 3.56. The minimum absolute atomic E-state index is 0.0112. The Morgan fingerprint density at radius 1 is 1.31 bits per heavy atom. The molecule has 0 unspecified atom stereocenters. The number of pyridine rings is 1. The van der Waals surface area contributed by atoms with Crippen LogP contribution < -0.4 is 0 Å². The highest BCUT2D eigenvalue weighted by molar-refractivity contribution is 5.92. The van der Waals surface area contributed by atoms with Crippen LogP contribution in [0.5, 0.6) is 0 Å². The number of aromatic nitrogens is 1. The largest absolute Gasteiger partial charge is 0.384 e. The summed E-state index contributed by atoms with van der Waals surface area (Å²) in [4.78, 5) is 33.7. The van der Waals surface area contributed by atoms with Gasteiger partial charge in [0.1, 0.15) is 5.69 Å². The number of ether oxygens (including phenoxy) is 1. The van der Waals surface area contributed by atoms with Crippen molar-refractivity contribution >= 4 is 11.8 Å². The Kier molecular flexibility index (Phi) is 4.69. The van der Waals surface area contributed by atoms with Crippen LogP contribution in [0.1, 0.15) is 36.2 Å². The molecule has 1 aromatic rings. The van der Waals surface area contributed by atoms with E-state index in [9.17, 15) is 9.59 Å². The van der Waals surface area contributed by atoms with Crippen LogP contribution in [0.4, 0.5) is 0 Å². The highest BCUT2D eigenvalue weighted by Crippen LogP contribution is 2.46. The predicted octanol–water partition coefficient (Wildman–Crippen LogP) is 1.82. The Morgan fingerprint density at radius 3 is 2.69 bits per heavy atom. The molecule has 1 aromatic heterocycles. The van der Waals surface area contributed by atoms with Gasteiger partial charge in [-0.25, -0.2) is 0 Å². The number of nitrogens with zero attached hydrogens (tertiary/aromatic N) is 3. The molecule has 6 heteroatoms. The zero-order valence-corrected chi connectivity index (χ0v) is 15.4. The van der Waals surface area contributed by atoms with Crippen molar-refractivity contribution in [3.63, 3.8) is 0 Å². The highest BCUT2D eigenvalue weighted by atomic mass is 16.5. The first kappa shape index (κ1) is 17.5. The van der Waals surface area contributed by atoms with Gasteiger partial charge in [0.25, 0.3) is 5.91 Å². The molecule has 26 heavy (non-hydrogen) atoms. The van der Waals surface area contributed by atoms with E-state index in [1.807, 2.05) is 17.0 Å². The van der Waals surface area contributed by atoms with Crippen molar-refractivity contribution in [1.29, 1.82) is 0 Å². The summed E-state index contributed by atoms with van der Waals surface area (Å²) in [7, 11) is 1.67. The summed E-state index contributed by atoms with van der Waals surface area (Å²) in [6, 6.07) is 5.42. The average Bonchev–Trinajstić information content (AvgIpc) is 3.46. The molecule has 1 aliphatic carbocycles. The fraction of sp³-hybridized carbons (Fsp3) is 0.650. The van der Waals surface area contributed by atoms with Gasteiger partial charge in [0, 0.05) is 44.9 Å². The van der Waals surface area contributed by atoms with Crippen LogP contribution >= 0.6 is 0 Å². The van der Waals surface area contributed by atoms with Crippen LogP contribution in [-0.4, -0.2) is 66.5 Å². The summed E-state index contributed by atoms with van der Waals surface area (Å²) in [5, 5.41) is 0. The van der Waals surface area contributed by atoms with Crippen molar-refractivity contribution in [3.8, 4) is 0 Å². The predicted molar refractivity (Wildman–Crippen MR) is 96.5 cm³/mol. The van der Waals surface area contributed by atoms with Gasteiger partial charge in [-0.2, -0.15) is 0 Å². The first-order valence-corrected chi connectivity index (χ1v) is 9.61. The second kappa shape index (κ2) is 6.99. The van der Waals surface area contributed by atoms with Crippen LogP contribution in [0.3, 0.4) is 0 Å². The topological polar surface area (TPSA) is 62.7 Å². The molecule has 0 radical (unpaired) electrons. The molecule has 0 bridgehead atoms. The molecule has 3 heterocycles. The van der Waals surface area contributed by atoms with Crippen molar-refractivity contribution < 1.29 is 14.3 Å². The SMILES string of the molecule is COC[C@@H]1C(=O)N(CC2CC2)CC12CCN(C(=O)c1ccccn1)CC2. The van der Waals surface area contributed by atoms with Gasteiger partial charge in [0.2, 0.25) is 5.91 Å². The maximum Gasteiger partial charge on any atom is 0.272 e. The minimum Gasteiger partial charge on any atom is -0.384 e. The quantitative estimate of drug-likeness (QED) is 0.806. The fourth-order valence-corrected chi connectivity index (χ4v) is 4.54. The standard InChI is InChI=1S/C20H27N3O3/c1-26-13-16-18(24)23(12-15-5-6-15)14-20(16)7-10-22(11-8-20)19(25)17-4-2-3-9-21-17/h2-4,9,15-16H,5-8,10-14H2,1H3/t16-/m1/s1. The molecule has 2 aliphatic heterocycles. The molecule has 2 amide bonds. The van der Waals surface area contributed by atoms with E-state index in [2.05, 4.69) is 9.88 Å². The first-order valence-electron chi connectivity index (χ1n) is 9.61. The third-order valence-electron chi connectivity index (χ3n) is 6.29. The number of methoxy groups -OCH3 is 1. The molecule has 6 nitrogen and oxygen atoms in total. The maximum atomic E-state index is 12.9. The Labute approximate surface area is 154 Å². The molecule has 0 aromatic carbocycles. The summed E-state index contributed by atoms with van der Waals surface area (Å²) < 4.78 is 5.40. The van der Waals surface area contributed by atoms with E-state index >= 15 is 0 Å². The number of piperidine rings is 1. The lowest BCUT2D eigenvalue weighted by Crippen LogP contribution is -2.47. The summed E-state index contributed by atoms with van der Waals surface area (Å²) in [6.07, 6.45) is 5.86. The third kappa shape index (κ3) is 3.22. The number of carbonyl (C=O) groups is 2. The van der Waals surface area contributed by atoms with Gasteiger partial charge < -0.3 is 14.5 Å². The van der Waals surface area contributed by atoms with E-state index in [0.717, 1.165) is 25.9 Å². The molecule has 0 N–H and O–H groups in total. The number of likely N-dealkylation sites (tertiary alicyclic amines) is 2. The average molecular weight is 357 g/mol. The Morgan fingerprint density at radius 2 is 2.08 bits per heavy atom. The molecule has 1 saturated carbocycles. The van der Waals surface area contributed by atoms with Crippen molar-refractivity contribution in [2.75, 3.05) is 39.9 Å². The van der Waals surface area contributed by atoms with Crippen molar-refractivity contribution in [2.24, 2.45) is 17.3 Å². The monoisotopic (exact) mass is 357 g/mol. The van der Waals surface area contributed by atoms with Crippen LogP contribution in [0.25, 0.3) is 0 Å². The number of hydrogen-bond acceptors (Lipinski definition) is 4. The van der Waals surface area contributed by atoms with E-state index in [1.165, 1.54) is 12.8 Å². The van der Waals surface area contributed by atoms with Crippen molar-refractivity contribution in [1.82, 2.24) is 14.8 Å². The summed E-state index contributed by atoms with van der Waals surface area (Å²) in [5.74, 6) is 0.868. The van der Waals surface area contributed by atoms with Gasteiger partial charge in [-0.3, -0.25) is 14.6 Å². The molecule has 1 atom stereocenters. The van der Waals surface area contributed by atoms with Gasteiger partial charge in [0.15, 0.2) is 0 Å². The zero-order chi connectivity index (χ0) is 18.1. The number of amides is 2. The maximum absolute atomic E-state index is 12.9. The molecule has 3 aliphatic rings. The lowest BCUT2D eigenvalue weighted by atomic mass is 9.71. The lowest BCUT2D eigenvalue weighted by molar-refractivity contribution is -0.133. The van der Waals surface area contributed by atoms with Crippen LogP contribution in [0.2, 0.25) is 0 Å². The number of hydrogen-bond donors (Lipinski definition) is 0. The van der Waals surface area contributed by atoms with Crippen LogP contribution in [-0.2, 0) is 9.53 Å². The smallest absolute Gasteiger partial charge is 0.272 e. The lowest BCUT2D eigenvalue weighted by Gasteiger charge is -2.41. The van der Waals surface area contributed by atoms with Gasteiger partial charge in [0.05, 0.1) is 12.5 Å².